The van der Waals surface area contributed by atoms with Gasteiger partial charge >= 0.3 is 0 Å². The third-order valence-electron chi connectivity index (χ3n) is 3.67. The quantitative estimate of drug-likeness (QED) is 0.782. The van der Waals surface area contributed by atoms with Crippen LogP contribution in [0.5, 0.6) is 5.75 Å². The number of rotatable bonds is 5. The van der Waals surface area contributed by atoms with E-state index in [1.165, 1.54) is 32.1 Å². The van der Waals surface area contributed by atoms with E-state index in [4.69, 9.17) is 10.5 Å². The van der Waals surface area contributed by atoms with Gasteiger partial charge in [0.25, 0.3) is 0 Å². The lowest BCUT2D eigenvalue weighted by Crippen LogP contribution is -2.17. The molecular weight excluding hydrogens is 224 g/mol. The molecule has 0 amide bonds. The minimum Gasteiger partial charge on any atom is -0.492 e. The van der Waals surface area contributed by atoms with Crippen molar-refractivity contribution in [2.75, 3.05) is 24.2 Å². The predicted molar refractivity (Wildman–Crippen MR) is 77.1 cm³/mol. The standard InChI is InChI=1S/C15H24N2O/c1-2-18-14-10-6-9-13(15(14)16)17-11-12-7-4-3-5-8-12/h6,9-10,12,17H,2-5,7-8,11,16H2,1H3. The SMILES string of the molecule is CCOc1cccc(NCC2CCCCC2)c1N. The van der Waals surface area contributed by atoms with Crippen LogP contribution in [-0.2, 0) is 0 Å². The number of nitrogens with one attached hydrogen (secondary N) is 1. The Morgan fingerprint density at radius 3 is 2.78 bits per heavy atom. The highest BCUT2D eigenvalue weighted by Gasteiger charge is 2.14. The monoisotopic (exact) mass is 248 g/mol. The van der Waals surface area contributed by atoms with Crippen molar-refractivity contribution in [2.45, 2.75) is 39.0 Å². The third-order valence-corrected chi connectivity index (χ3v) is 3.67. The van der Waals surface area contributed by atoms with Crippen LogP contribution in [0.3, 0.4) is 0 Å². The maximum Gasteiger partial charge on any atom is 0.144 e. The van der Waals surface area contributed by atoms with Gasteiger partial charge in [0.1, 0.15) is 5.75 Å². The molecular formula is C15H24N2O. The zero-order valence-electron chi connectivity index (χ0n) is 11.2. The first-order valence-corrected chi connectivity index (χ1v) is 7.06. The predicted octanol–water partition coefficient (Wildman–Crippen LogP) is 3.66. The smallest absolute Gasteiger partial charge is 0.144 e. The van der Waals surface area contributed by atoms with Crippen molar-refractivity contribution in [3.8, 4) is 5.75 Å². The van der Waals surface area contributed by atoms with Crippen molar-refractivity contribution in [3.63, 3.8) is 0 Å². The Morgan fingerprint density at radius 1 is 1.28 bits per heavy atom. The molecule has 0 bridgehead atoms. The summed E-state index contributed by atoms with van der Waals surface area (Å²) >= 11 is 0. The molecule has 1 aromatic carbocycles. The van der Waals surface area contributed by atoms with Crippen LogP contribution in [0.2, 0.25) is 0 Å². The fourth-order valence-electron chi connectivity index (χ4n) is 2.63. The number of benzene rings is 1. The van der Waals surface area contributed by atoms with Crippen molar-refractivity contribution in [1.29, 1.82) is 0 Å². The van der Waals surface area contributed by atoms with Gasteiger partial charge in [0.15, 0.2) is 0 Å². The van der Waals surface area contributed by atoms with Crippen LogP contribution in [0.25, 0.3) is 0 Å². The molecule has 2 rings (SSSR count). The van der Waals surface area contributed by atoms with Crippen molar-refractivity contribution >= 4 is 11.4 Å². The van der Waals surface area contributed by atoms with E-state index in [2.05, 4.69) is 5.32 Å². The minimum absolute atomic E-state index is 0.649. The van der Waals surface area contributed by atoms with Gasteiger partial charge in [-0.1, -0.05) is 25.3 Å². The highest BCUT2D eigenvalue weighted by molar-refractivity contribution is 5.72. The fraction of sp³-hybridized carbons (Fsp3) is 0.600. The van der Waals surface area contributed by atoms with Crippen LogP contribution in [0.4, 0.5) is 11.4 Å². The molecule has 0 aliphatic heterocycles. The van der Waals surface area contributed by atoms with Gasteiger partial charge in [0, 0.05) is 6.54 Å². The molecule has 0 atom stereocenters. The summed E-state index contributed by atoms with van der Waals surface area (Å²) in [5, 5.41) is 3.48. The van der Waals surface area contributed by atoms with E-state index in [1.807, 2.05) is 25.1 Å². The largest absolute Gasteiger partial charge is 0.492 e. The summed E-state index contributed by atoms with van der Waals surface area (Å²) in [4.78, 5) is 0. The zero-order valence-corrected chi connectivity index (χ0v) is 11.2. The first kappa shape index (κ1) is 13.1. The van der Waals surface area contributed by atoms with E-state index in [-0.39, 0.29) is 0 Å². The Bertz CT molecular complexity index is 373. The average Bonchev–Trinajstić information content (AvgIpc) is 2.41. The van der Waals surface area contributed by atoms with Gasteiger partial charge in [0.05, 0.1) is 18.0 Å². The molecule has 18 heavy (non-hydrogen) atoms. The second kappa shape index (κ2) is 6.53. The zero-order chi connectivity index (χ0) is 12.8. The Morgan fingerprint density at radius 2 is 2.06 bits per heavy atom. The second-order valence-electron chi connectivity index (χ2n) is 5.04. The van der Waals surface area contributed by atoms with E-state index in [0.29, 0.717) is 6.61 Å². The second-order valence-corrected chi connectivity index (χ2v) is 5.04. The Balaban J connectivity index is 1.93. The maximum absolute atomic E-state index is 6.10. The van der Waals surface area contributed by atoms with Crippen LogP contribution in [0.1, 0.15) is 39.0 Å². The number of hydrogen-bond acceptors (Lipinski definition) is 3. The Labute approximate surface area is 110 Å². The van der Waals surface area contributed by atoms with Gasteiger partial charge < -0.3 is 15.8 Å². The van der Waals surface area contributed by atoms with Crippen molar-refractivity contribution in [3.05, 3.63) is 18.2 Å². The van der Waals surface area contributed by atoms with E-state index in [0.717, 1.165) is 29.6 Å². The summed E-state index contributed by atoms with van der Waals surface area (Å²) in [6.07, 6.45) is 6.84. The molecule has 1 aromatic rings. The van der Waals surface area contributed by atoms with Crippen molar-refractivity contribution in [1.82, 2.24) is 0 Å². The van der Waals surface area contributed by atoms with Crippen molar-refractivity contribution in [2.24, 2.45) is 5.92 Å². The van der Waals surface area contributed by atoms with E-state index >= 15 is 0 Å². The van der Waals surface area contributed by atoms with Crippen LogP contribution < -0.4 is 15.8 Å². The molecule has 100 valence electrons. The lowest BCUT2D eigenvalue weighted by atomic mass is 9.89. The summed E-state index contributed by atoms with van der Waals surface area (Å²) in [5.74, 6) is 1.58. The van der Waals surface area contributed by atoms with Crippen molar-refractivity contribution < 1.29 is 4.74 Å². The molecule has 3 heteroatoms. The molecule has 0 unspecified atom stereocenters. The van der Waals surface area contributed by atoms with Crippen LogP contribution in [-0.4, -0.2) is 13.2 Å². The average molecular weight is 248 g/mol. The van der Waals surface area contributed by atoms with E-state index < -0.39 is 0 Å². The van der Waals surface area contributed by atoms with Gasteiger partial charge in [-0.25, -0.2) is 0 Å². The molecule has 1 fully saturated rings. The minimum atomic E-state index is 0.649. The first-order chi connectivity index (χ1) is 8.81. The van der Waals surface area contributed by atoms with Gasteiger partial charge in [0.2, 0.25) is 0 Å². The molecule has 3 N–H and O–H groups in total. The number of hydrogen-bond donors (Lipinski definition) is 2. The van der Waals surface area contributed by atoms with Crippen LogP contribution in [0, 0.1) is 5.92 Å². The highest BCUT2D eigenvalue weighted by Crippen LogP contribution is 2.30. The summed E-state index contributed by atoms with van der Waals surface area (Å²) in [7, 11) is 0. The number of nitrogen functional groups attached to an aromatic ring is 1. The molecule has 0 saturated heterocycles. The Kier molecular flexibility index (Phi) is 4.73. The number of para-hydroxylation sites is 1. The van der Waals surface area contributed by atoms with Gasteiger partial charge in [-0.2, -0.15) is 0 Å². The van der Waals surface area contributed by atoms with E-state index in [1.54, 1.807) is 0 Å². The molecule has 0 aromatic heterocycles. The normalized spacial score (nSPS) is 16.5. The number of anilines is 2. The molecule has 1 aliphatic rings. The van der Waals surface area contributed by atoms with Gasteiger partial charge in [-0.15, -0.1) is 0 Å². The molecule has 1 aliphatic carbocycles. The number of ether oxygens (including phenoxy) is 1. The van der Waals surface area contributed by atoms with Gasteiger partial charge in [-0.3, -0.25) is 0 Å². The lowest BCUT2D eigenvalue weighted by Gasteiger charge is -2.23. The summed E-state index contributed by atoms with van der Waals surface area (Å²) in [6.45, 7) is 3.65. The molecule has 0 heterocycles. The third kappa shape index (κ3) is 3.31. The topological polar surface area (TPSA) is 47.3 Å². The van der Waals surface area contributed by atoms with Crippen LogP contribution >= 0.6 is 0 Å². The lowest BCUT2D eigenvalue weighted by molar-refractivity contribution is 0.342. The highest BCUT2D eigenvalue weighted by atomic mass is 16.5. The first-order valence-electron chi connectivity index (χ1n) is 7.06. The molecule has 0 spiro atoms. The number of nitrogens with two attached hydrogens (primary N) is 1. The molecule has 1 saturated carbocycles. The van der Waals surface area contributed by atoms with Gasteiger partial charge in [-0.05, 0) is 37.8 Å². The maximum atomic E-state index is 6.10. The summed E-state index contributed by atoms with van der Waals surface area (Å²) in [6, 6.07) is 5.94. The molecule has 3 nitrogen and oxygen atoms in total. The summed E-state index contributed by atoms with van der Waals surface area (Å²) < 4.78 is 5.50. The molecule has 0 radical (unpaired) electrons. The summed E-state index contributed by atoms with van der Waals surface area (Å²) in [5.41, 5.74) is 7.84. The Hall–Kier alpha value is -1.38. The van der Waals surface area contributed by atoms with Crippen LogP contribution in [0.15, 0.2) is 18.2 Å². The fourth-order valence-corrected chi connectivity index (χ4v) is 2.63. The van der Waals surface area contributed by atoms with E-state index in [9.17, 15) is 0 Å².